The van der Waals surface area contributed by atoms with Gasteiger partial charge in [0.2, 0.25) is 0 Å². The molecule has 0 spiro atoms. The van der Waals surface area contributed by atoms with Crippen molar-refractivity contribution in [2.75, 3.05) is 39.6 Å². The highest BCUT2D eigenvalue weighted by Gasteiger charge is 2.29. The molecule has 548 valence electrons. The van der Waals surface area contributed by atoms with Crippen molar-refractivity contribution in [3.05, 3.63) is 109 Å². The first-order chi connectivity index (χ1) is 46.2. The number of phosphoric ester groups is 2. The molecule has 4 N–H and O–H groups in total. The molecular formula is C77H134O16P2. The van der Waals surface area contributed by atoms with Crippen LogP contribution in [0.15, 0.2) is 109 Å². The Labute approximate surface area is 577 Å². The van der Waals surface area contributed by atoms with Gasteiger partial charge in [-0.15, -0.1) is 0 Å². The van der Waals surface area contributed by atoms with Crippen LogP contribution in [-0.4, -0.2) is 95.9 Å². The van der Waals surface area contributed by atoms with Gasteiger partial charge >= 0.3 is 33.6 Å². The van der Waals surface area contributed by atoms with E-state index in [1.807, 2.05) is 0 Å². The number of rotatable bonds is 70. The summed E-state index contributed by atoms with van der Waals surface area (Å²) >= 11 is 0. The molecule has 5 unspecified atom stereocenters. The van der Waals surface area contributed by atoms with E-state index in [4.69, 9.17) is 32.3 Å². The van der Waals surface area contributed by atoms with Gasteiger partial charge in [-0.05, 0) is 109 Å². The van der Waals surface area contributed by atoms with Crippen LogP contribution in [0.2, 0.25) is 0 Å². The Kier molecular flexibility index (Phi) is 67.3. The first kappa shape index (κ1) is 91.2. The quantitative estimate of drug-likeness (QED) is 0.0146. The minimum atomic E-state index is -4.93. The maximum atomic E-state index is 12.9. The normalized spacial score (nSPS) is 14.7. The summed E-state index contributed by atoms with van der Waals surface area (Å²) in [6.07, 6.45) is 79.8. The lowest BCUT2D eigenvalue weighted by Crippen LogP contribution is -2.30. The molecule has 18 heteroatoms. The van der Waals surface area contributed by atoms with Crippen LogP contribution in [-0.2, 0) is 55.8 Å². The Hall–Kier alpha value is -3.79. The van der Waals surface area contributed by atoms with Crippen molar-refractivity contribution in [2.24, 2.45) is 0 Å². The van der Waals surface area contributed by atoms with Crippen LogP contribution in [0.5, 0.6) is 0 Å². The van der Waals surface area contributed by atoms with Gasteiger partial charge in [0.25, 0.3) is 0 Å². The van der Waals surface area contributed by atoms with Crippen LogP contribution < -0.4 is 0 Å². The first-order valence-electron chi connectivity index (χ1n) is 37.2. The number of allylic oxidation sites excluding steroid dienone is 18. The standard InChI is InChI=1S/C77H134O16P2/c1-4-7-10-13-16-19-22-25-27-29-31-33-35-37-39-41-43-46-48-51-54-57-60-63-75(80)87-66-72(78)67-89-94(83,84)90-68-73(79)69-91-95(85,86)92-71-74(93-77(82)65-62-59-56-53-50-45-24-21-18-15-12-9-6-3)70-88-76(81)64-61-58-55-52-49-47-44-42-40-38-36-34-32-30-28-26-23-20-17-14-11-8-5-2/h7,10,16-17,19-20,25-28,31-34,37-40,72-74,78-79H,4-6,8-9,11-15,18,21-24,29-30,35-36,41-71H2,1-3H3,(H,83,84)(H,85,86)/b10-7-,19-16-,20-17-,27-25-,28-26-,33-31-,34-32-,39-37-,40-38-. The monoisotopic (exact) mass is 1380 g/mol. The molecule has 0 aliphatic rings. The maximum Gasteiger partial charge on any atom is 0.472 e. The lowest BCUT2D eigenvalue weighted by molar-refractivity contribution is -0.161. The summed E-state index contributed by atoms with van der Waals surface area (Å²) in [4.78, 5) is 58.5. The predicted octanol–water partition coefficient (Wildman–Crippen LogP) is 21.2. The topological polar surface area (TPSA) is 231 Å². The van der Waals surface area contributed by atoms with Crippen molar-refractivity contribution in [3.63, 3.8) is 0 Å². The fraction of sp³-hybridized carbons (Fsp3) is 0.727. The molecule has 0 aliphatic heterocycles. The van der Waals surface area contributed by atoms with Crippen LogP contribution in [0, 0.1) is 0 Å². The molecule has 5 atom stereocenters. The van der Waals surface area contributed by atoms with E-state index in [1.54, 1.807) is 0 Å². The number of hydrogen-bond donors (Lipinski definition) is 4. The maximum absolute atomic E-state index is 12.9. The van der Waals surface area contributed by atoms with E-state index >= 15 is 0 Å². The second-order valence-electron chi connectivity index (χ2n) is 24.7. The third kappa shape index (κ3) is 71.3. The van der Waals surface area contributed by atoms with Crippen molar-refractivity contribution in [1.29, 1.82) is 0 Å². The lowest BCUT2D eigenvalue weighted by Gasteiger charge is -2.21. The third-order valence-corrected chi connectivity index (χ3v) is 17.4. The van der Waals surface area contributed by atoms with Gasteiger partial charge < -0.3 is 34.2 Å². The molecule has 0 saturated carbocycles. The summed E-state index contributed by atoms with van der Waals surface area (Å²) in [5, 5.41) is 20.6. The van der Waals surface area contributed by atoms with Crippen LogP contribution in [0.4, 0.5) is 0 Å². The van der Waals surface area contributed by atoms with E-state index in [0.717, 1.165) is 167 Å². The second kappa shape index (κ2) is 70.1. The summed E-state index contributed by atoms with van der Waals surface area (Å²) in [6.45, 7) is 2.52. The Morgan fingerprint density at radius 1 is 0.305 bits per heavy atom. The molecule has 0 aliphatic carbocycles. The molecule has 95 heavy (non-hydrogen) atoms. The number of carbonyl (C=O) groups excluding carboxylic acids is 3. The number of carbonyl (C=O) groups is 3. The van der Waals surface area contributed by atoms with Gasteiger partial charge in [-0.2, -0.15) is 0 Å². The average Bonchev–Trinajstić information content (AvgIpc) is 1.91. The highest BCUT2D eigenvalue weighted by atomic mass is 31.2. The molecule has 0 fully saturated rings. The molecule has 0 heterocycles. The largest absolute Gasteiger partial charge is 0.472 e. The third-order valence-electron chi connectivity index (χ3n) is 15.5. The van der Waals surface area contributed by atoms with E-state index in [9.17, 15) is 43.5 Å². The highest BCUT2D eigenvalue weighted by molar-refractivity contribution is 7.47. The van der Waals surface area contributed by atoms with E-state index in [-0.39, 0.29) is 19.3 Å². The average molecular weight is 1380 g/mol. The fourth-order valence-corrected chi connectivity index (χ4v) is 11.4. The van der Waals surface area contributed by atoms with Crippen molar-refractivity contribution in [3.8, 4) is 0 Å². The van der Waals surface area contributed by atoms with Crippen LogP contribution in [0.25, 0.3) is 0 Å². The van der Waals surface area contributed by atoms with E-state index in [0.29, 0.717) is 19.3 Å². The summed E-state index contributed by atoms with van der Waals surface area (Å²) in [7, 11) is -9.78. The zero-order valence-corrected chi connectivity index (χ0v) is 61.4. The Morgan fingerprint density at radius 3 is 0.905 bits per heavy atom. The zero-order valence-electron chi connectivity index (χ0n) is 59.6. The number of aliphatic hydroxyl groups excluding tert-OH is 2. The predicted molar refractivity (Wildman–Crippen MR) is 390 cm³/mol. The molecule has 0 rings (SSSR count). The summed E-state index contributed by atoms with van der Waals surface area (Å²) in [5.74, 6) is -1.59. The van der Waals surface area contributed by atoms with Gasteiger partial charge in [0.05, 0.1) is 26.4 Å². The van der Waals surface area contributed by atoms with Crippen LogP contribution in [0.3, 0.4) is 0 Å². The summed E-state index contributed by atoms with van der Waals surface area (Å²) in [5.41, 5.74) is 0. The number of aliphatic hydroxyl groups is 2. The van der Waals surface area contributed by atoms with Gasteiger partial charge in [-0.3, -0.25) is 32.5 Å². The number of hydrogen-bond acceptors (Lipinski definition) is 14. The number of esters is 3. The SMILES string of the molecule is CC/C=C\C/C=C\C/C=C\C/C=C\C/C=C\CCCCCCCCCC(=O)OCC(O)COP(=O)(O)OCC(O)COP(=O)(O)OCC(COC(=O)CCCCCCCCC/C=C\C/C=C\C/C=C\C/C=C\CCCCC)OC(=O)CCCCCCCCCCCCCCC. The molecule has 0 aromatic carbocycles. The van der Waals surface area contributed by atoms with Crippen molar-refractivity contribution >= 4 is 33.6 Å². The minimum absolute atomic E-state index is 0.104. The smallest absolute Gasteiger partial charge is 0.463 e. The molecular weight excluding hydrogens is 1240 g/mol. The van der Waals surface area contributed by atoms with Gasteiger partial charge in [-0.1, -0.05) is 284 Å². The van der Waals surface area contributed by atoms with E-state index in [1.165, 1.54) is 77.0 Å². The van der Waals surface area contributed by atoms with Crippen molar-refractivity contribution in [2.45, 2.75) is 322 Å². The zero-order chi connectivity index (χ0) is 69.5. The van der Waals surface area contributed by atoms with Crippen LogP contribution in [0.1, 0.15) is 303 Å². The molecule has 0 saturated heterocycles. The van der Waals surface area contributed by atoms with Crippen LogP contribution >= 0.6 is 15.6 Å². The second-order valence-corrected chi connectivity index (χ2v) is 27.6. The molecule has 0 bridgehead atoms. The Balaban J connectivity index is 4.61. The number of phosphoric acid groups is 2. The van der Waals surface area contributed by atoms with Gasteiger partial charge in [0, 0.05) is 19.3 Å². The molecule has 0 radical (unpaired) electrons. The number of ether oxygens (including phenoxy) is 3. The molecule has 0 amide bonds. The van der Waals surface area contributed by atoms with Crippen molar-refractivity contribution < 1.29 is 75.8 Å². The summed E-state index contributed by atoms with van der Waals surface area (Å²) in [6, 6.07) is 0. The minimum Gasteiger partial charge on any atom is -0.463 e. The van der Waals surface area contributed by atoms with Gasteiger partial charge in [0.1, 0.15) is 25.4 Å². The van der Waals surface area contributed by atoms with E-state index in [2.05, 4.69) is 130 Å². The Bertz CT molecular complexity index is 2170. The van der Waals surface area contributed by atoms with Gasteiger partial charge in [0.15, 0.2) is 6.10 Å². The highest BCUT2D eigenvalue weighted by Crippen LogP contribution is 2.45. The first-order valence-corrected chi connectivity index (χ1v) is 40.2. The molecule has 0 aromatic heterocycles. The summed E-state index contributed by atoms with van der Waals surface area (Å²) < 4.78 is 61.0. The van der Waals surface area contributed by atoms with E-state index < -0.39 is 91.5 Å². The molecule has 16 nitrogen and oxygen atoms in total. The van der Waals surface area contributed by atoms with Gasteiger partial charge in [-0.25, -0.2) is 9.13 Å². The molecule has 0 aromatic rings. The lowest BCUT2D eigenvalue weighted by atomic mass is 10.0. The Morgan fingerprint density at radius 2 is 0.558 bits per heavy atom. The number of unbranched alkanes of at least 4 members (excludes halogenated alkanes) is 29. The fourth-order valence-electron chi connectivity index (χ4n) is 9.82. The van der Waals surface area contributed by atoms with Crippen molar-refractivity contribution in [1.82, 2.24) is 0 Å².